The second-order valence-corrected chi connectivity index (χ2v) is 6.43. The van der Waals surface area contributed by atoms with Crippen molar-refractivity contribution < 1.29 is 14.6 Å². The van der Waals surface area contributed by atoms with Crippen LogP contribution in [-0.4, -0.2) is 34.8 Å². The highest BCUT2D eigenvalue weighted by molar-refractivity contribution is 9.10. The zero-order valence-electron chi connectivity index (χ0n) is 11.0. The summed E-state index contributed by atoms with van der Waals surface area (Å²) in [6.07, 6.45) is 7.34. The largest absolute Gasteiger partial charge is 0.480 e. The summed E-state index contributed by atoms with van der Waals surface area (Å²) in [7, 11) is 0. The number of fused-ring (bicyclic) bond motifs is 2. The number of aromatic nitrogens is 1. The van der Waals surface area contributed by atoms with Crippen molar-refractivity contribution in [3.63, 3.8) is 0 Å². The molecular weight excluding hydrogens is 324 g/mol. The van der Waals surface area contributed by atoms with E-state index in [1.807, 2.05) is 6.07 Å². The fraction of sp³-hybridized carbons (Fsp3) is 0.571. The van der Waals surface area contributed by atoms with Gasteiger partial charge < -0.3 is 15.2 Å². The molecule has 2 aliphatic rings. The molecule has 5 nitrogen and oxygen atoms in total. The van der Waals surface area contributed by atoms with E-state index >= 15 is 0 Å². The van der Waals surface area contributed by atoms with Gasteiger partial charge >= 0.3 is 5.97 Å². The molecule has 0 saturated carbocycles. The van der Waals surface area contributed by atoms with Gasteiger partial charge in [-0.3, -0.25) is 4.98 Å². The minimum Gasteiger partial charge on any atom is -0.480 e. The normalized spacial score (nSPS) is 32.2. The molecule has 2 unspecified atom stereocenters. The molecule has 1 aromatic heterocycles. The van der Waals surface area contributed by atoms with Gasteiger partial charge in [-0.15, -0.1) is 0 Å². The summed E-state index contributed by atoms with van der Waals surface area (Å²) in [5.74, 6) is -0.930. The number of aliphatic carboxylic acids is 1. The maximum absolute atomic E-state index is 10.9. The molecule has 108 valence electrons. The van der Waals surface area contributed by atoms with Crippen molar-refractivity contribution in [2.75, 3.05) is 6.61 Å². The lowest BCUT2D eigenvalue weighted by molar-refractivity contribution is -0.154. The lowest BCUT2D eigenvalue weighted by Crippen LogP contribution is -2.48. The molecule has 0 amide bonds. The van der Waals surface area contributed by atoms with Gasteiger partial charge in [0.15, 0.2) is 0 Å². The van der Waals surface area contributed by atoms with Crippen molar-refractivity contribution >= 4 is 21.9 Å². The second-order valence-electron chi connectivity index (χ2n) is 5.58. The number of carboxylic acid groups (broad SMARTS) is 1. The van der Waals surface area contributed by atoms with E-state index in [4.69, 9.17) is 9.84 Å². The highest BCUT2D eigenvalue weighted by Crippen LogP contribution is 2.45. The number of hydrogen-bond acceptors (Lipinski definition) is 4. The lowest BCUT2D eigenvalue weighted by Gasteiger charge is -2.41. The minimum atomic E-state index is -0.930. The Morgan fingerprint density at radius 2 is 2.20 bits per heavy atom. The SMILES string of the molecule is O=C(O)COC1(c2ccncc2Br)CC2CCC(C1)N2. The minimum absolute atomic E-state index is 0.270. The van der Waals surface area contributed by atoms with Gasteiger partial charge in [-0.2, -0.15) is 0 Å². The third kappa shape index (κ3) is 2.60. The average Bonchev–Trinajstić information content (AvgIpc) is 2.76. The number of carbonyl (C=O) groups is 1. The van der Waals surface area contributed by atoms with Crippen LogP contribution in [-0.2, 0) is 15.1 Å². The quantitative estimate of drug-likeness (QED) is 0.877. The summed E-state index contributed by atoms with van der Waals surface area (Å²) >= 11 is 3.52. The van der Waals surface area contributed by atoms with Gasteiger partial charge in [0.2, 0.25) is 0 Å². The number of rotatable bonds is 4. The van der Waals surface area contributed by atoms with Crippen molar-refractivity contribution in [3.05, 3.63) is 28.5 Å². The van der Waals surface area contributed by atoms with Crippen molar-refractivity contribution in [1.82, 2.24) is 10.3 Å². The maximum atomic E-state index is 10.9. The Bertz CT molecular complexity index is 511. The van der Waals surface area contributed by atoms with Crippen molar-refractivity contribution in [2.45, 2.75) is 43.4 Å². The lowest BCUT2D eigenvalue weighted by atomic mass is 9.81. The molecule has 2 atom stereocenters. The predicted octanol–water partition coefficient (Wildman–Crippen LogP) is 2.06. The molecule has 6 heteroatoms. The van der Waals surface area contributed by atoms with E-state index in [1.54, 1.807) is 12.4 Å². The van der Waals surface area contributed by atoms with Crippen LogP contribution in [0.3, 0.4) is 0 Å². The van der Waals surface area contributed by atoms with E-state index in [-0.39, 0.29) is 6.61 Å². The van der Waals surface area contributed by atoms with E-state index < -0.39 is 11.6 Å². The van der Waals surface area contributed by atoms with Crippen LogP contribution < -0.4 is 5.32 Å². The van der Waals surface area contributed by atoms with Crippen molar-refractivity contribution in [2.24, 2.45) is 0 Å². The predicted molar refractivity (Wildman–Crippen MR) is 76.4 cm³/mol. The monoisotopic (exact) mass is 340 g/mol. The van der Waals surface area contributed by atoms with Gasteiger partial charge in [0.05, 0.1) is 5.60 Å². The summed E-state index contributed by atoms with van der Waals surface area (Å²) in [5.41, 5.74) is 0.476. The number of hydrogen-bond donors (Lipinski definition) is 2. The third-order valence-corrected chi connectivity index (χ3v) is 4.85. The number of nitrogens with zero attached hydrogens (tertiary/aromatic N) is 1. The first-order valence-electron chi connectivity index (χ1n) is 6.81. The zero-order valence-corrected chi connectivity index (χ0v) is 12.6. The van der Waals surface area contributed by atoms with Crippen LogP contribution in [0.15, 0.2) is 22.9 Å². The van der Waals surface area contributed by atoms with Crippen molar-refractivity contribution in [3.8, 4) is 0 Å². The number of halogens is 1. The van der Waals surface area contributed by atoms with Gasteiger partial charge in [-0.25, -0.2) is 4.79 Å². The Morgan fingerprint density at radius 1 is 1.50 bits per heavy atom. The Hall–Kier alpha value is -0.980. The number of ether oxygens (including phenoxy) is 1. The second kappa shape index (κ2) is 5.42. The highest BCUT2D eigenvalue weighted by Gasteiger charge is 2.46. The molecule has 3 heterocycles. The molecule has 3 rings (SSSR count). The first-order chi connectivity index (χ1) is 9.59. The number of nitrogens with one attached hydrogen (secondary N) is 1. The first-order valence-corrected chi connectivity index (χ1v) is 7.60. The van der Waals surface area contributed by atoms with Crippen LogP contribution in [0, 0.1) is 0 Å². The van der Waals surface area contributed by atoms with Crippen LogP contribution >= 0.6 is 15.9 Å². The topological polar surface area (TPSA) is 71.5 Å². The van der Waals surface area contributed by atoms with Crippen LogP contribution in [0.4, 0.5) is 0 Å². The van der Waals surface area contributed by atoms with Crippen LogP contribution in [0.1, 0.15) is 31.2 Å². The molecule has 0 aliphatic carbocycles. The third-order valence-electron chi connectivity index (χ3n) is 4.22. The maximum Gasteiger partial charge on any atom is 0.329 e. The van der Waals surface area contributed by atoms with E-state index in [9.17, 15) is 4.79 Å². The highest BCUT2D eigenvalue weighted by atomic mass is 79.9. The fourth-order valence-electron chi connectivity index (χ4n) is 3.46. The van der Waals surface area contributed by atoms with Gasteiger partial charge in [0.1, 0.15) is 6.61 Å². The van der Waals surface area contributed by atoms with Crippen LogP contribution in [0.5, 0.6) is 0 Å². The smallest absolute Gasteiger partial charge is 0.329 e. The van der Waals surface area contributed by atoms with Crippen molar-refractivity contribution in [1.29, 1.82) is 0 Å². The molecule has 0 aromatic carbocycles. The molecule has 2 saturated heterocycles. The van der Waals surface area contributed by atoms with Gasteiger partial charge in [-0.05, 0) is 47.7 Å². The van der Waals surface area contributed by atoms with E-state index in [2.05, 4.69) is 26.2 Å². The summed E-state index contributed by atoms with van der Waals surface area (Å²) in [6, 6.07) is 2.74. The Balaban J connectivity index is 1.95. The molecule has 2 aliphatic heterocycles. The number of carboxylic acids is 1. The average molecular weight is 341 g/mol. The van der Waals surface area contributed by atoms with E-state index in [0.717, 1.165) is 35.7 Å². The Kier molecular flexibility index (Phi) is 3.79. The summed E-state index contributed by atoms with van der Waals surface area (Å²) < 4.78 is 6.76. The first kappa shape index (κ1) is 14.0. The van der Waals surface area contributed by atoms with Gasteiger partial charge in [0, 0.05) is 34.5 Å². The summed E-state index contributed by atoms with van der Waals surface area (Å²) in [5, 5.41) is 12.5. The van der Waals surface area contributed by atoms with E-state index in [0.29, 0.717) is 12.1 Å². The summed E-state index contributed by atoms with van der Waals surface area (Å²) in [6.45, 7) is -0.270. The molecule has 2 fully saturated rings. The molecule has 0 radical (unpaired) electrons. The van der Waals surface area contributed by atoms with Gasteiger partial charge in [0.25, 0.3) is 0 Å². The molecule has 20 heavy (non-hydrogen) atoms. The standard InChI is InChI=1S/C14H17BrN2O3/c15-12-7-16-4-3-11(12)14(20-8-13(18)19)5-9-1-2-10(6-14)17-9/h3-4,7,9-10,17H,1-2,5-6,8H2,(H,18,19). The Morgan fingerprint density at radius 3 is 2.80 bits per heavy atom. The summed E-state index contributed by atoms with van der Waals surface area (Å²) in [4.78, 5) is 15.0. The van der Waals surface area contributed by atoms with Crippen LogP contribution in [0.25, 0.3) is 0 Å². The fourth-order valence-corrected chi connectivity index (χ4v) is 4.08. The number of piperidine rings is 1. The van der Waals surface area contributed by atoms with E-state index in [1.165, 1.54) is 0 Å². The molecule has 1 aromatic rings. The Labute approximate surface area is 125 Å². The molecule has 2 bridgehead atoms. The molecule has 0 spiro atoms. The number of pyridine rings is 1. The molecular formula is C14H17BrN2O3. The molecule has 2 N–H and O–H groups in total. The zero-order chi connectivity index (χ0) is 14.2. The van der Waals surface area contributed by atoms with Gasteiger partial charge in [-0.1, -0.05) is 0 Å². The van der Waals surface area contributed by atoms with Crippen LogP contribution in [0.2, 0.25) is 0 Å².